The highest BCUT2D eigenvalue weighted by Crippen LogP contribution is 2.16. The lowest BCUT2D eigenvalue weighted by Gasteiger charge is -2.13. The van der Waals surface area contributed by atoms with Gasteiger partial charge in [0.1, 0.15) is 0 Å². The van der Waals surface area contributed by atoms with E-state index in [2.05, 4.69) is 14.7 Å². The van der Waals surface area contributed by atoms with Crippen LogP contribution in [-0.4, -0.2) is 41.5 Å². The first kappa shape index (κ1) is 11.5. The van der Waals surface area contributed by atoms with Crippen molar-refractivity contribution in [3.63, 3.8) is 0 Å². The number of nitrogens with zero attached hydrogens (tertiary/aromatic N) is 3. The molecule has 0 spiro atoms. The zero-order valence-electron chi connectivity index (χ0n) is 9.29. The van der Waals surface area contributed by atoms with Crippen LogP contribution in [0.25, 0.3) is 0 Å². The van der Waals surface area contributed by atoms with Crippen molar-refractivity contribution in [2.24, 2.45) is 5.73 Å². The van der Waals surface area contributed by atoms with Crippen LogP contribution in [0.15, 0.2) is 12.4 Å². The Morgan fingerprint density at radius 1 is 1.53 bits per heavy atom. The molecule has 1 atom stereocenters. The molecule has 2 N–H and O–H groups in total. The van der Waals surface area contributed by atoms with E-state index < -0.39 is 5.97 Å². The van der Waals surface area contributed by atoms with Crippen LogP contribution < -0.4 is 10.6 Å². The summed E-state index contributed by atoms with van der Waals surface area (Å²) in [5.41, 5.74) is 5.90. The number of hydrogen-bond acceptors (Lipinski definition) is 6. The Bertz CT molecular complexity index is 445. The molecular weight excluding hydrogens is 224 g/mol. The Morgan fingerprint density at radius 2 is 2.18 bits per heavy atom. The molecule has 2 rings (SSSR count). The highest BCUT2D eigenvalue weighted by molar-refractivity contribution is 5.95. The predicted molar refractivity (Wildman–Crippen MR) is 58.3 cm³/mol. The summed E-state index contributed by atoms with van der Waals surface area (Å²) in [6, 6.07) is -0.189. The molecule has 1 aliphatic rings. The van der Waals surface area contributed by atoms with Gasteiger partial charge in [0.05, 0.1) is 12.7 Å². The van der Waals surface area contributed by atoms with Gasteiger partial charge in [-0.2, -0.15) is 0 Å². The Balaban J connectivity index is 2.18. The lowest BCUT2D eigenvalue weighted by Crippen LogP contribution is -2.29. The molecule has 1 aromatic heterocycles. The minimum atomic E-state index is -0.513. The summed E-state index contributed by atoms with van der Waals surface area (Å²) < 4.78 is 4.52. The number of anilines is 1. The van der Waals surface area contributed by atoms with E-state index in [4.69, 9.17) is 5.73 Å². The molecule has 1 saturated heterocycles. The first-order valence-electron chi connectivity index (χ1n) is 5.08. The number of rotatable bonds is 2. The SMILES string of the molecule is COC(=O)c1cnc(N2CC(N)CC2=O)nc1. The van der Waals surface area contributed by atoms with Crippen LogP contribution in [0.2, 0.25) is 0 Å². The Hall–Kier alpha value is -2.02. The molecule has 17 heavy (non-hydrogen) atoms. The molecule has 1 aliphatic heterocycles. The van der Waals surface area contributed by atoms with Gasteiger partial charge >= 0.3 is 5.97 Å². The second-order valence-corrected chi connectivity index (χ2v) is 3.73. The number of methoxy groups -OCH3 is 1. The van der Waals surface area contributed by atoms with Gasteiger partial charge in [-0.05, 0) is 0 Å². The van der Waals surface area contributed by atoms with E-state index in [0.717, 1.165) is 0 Å². The summed E-state index contributed by atoms with van der Waals surface area (Å²) in [6.07, 6.45) is 2.94. The van der Waals surface area contributed by atoms with Crippen molar-refractivity contribution in [3.05, 3.63) is 18.0 Å². The topological polar surface area (TPSA) is 98.4 Å². The minimum absolute atomic E-state index is 0.108. The Kier molecular flexibility index (Phi) is 3.01. The number of carbonyl (C=O) groups is 2. The van der Waals surface area contributed by atoms with Crippen LogP contribution >= 0.6 is 0 Å². The van der Waals surface area contributed by atoms with E-state index in [9.17, 15) is 9.59 Å². The van der Waals surface area contributed by atoms with Crippen molar-refractivity contribution in [1.82, 2.24) is 9.97 Å². The van der Waals surface area contributed by atoms with Gasteiger partial charge in [-0.1, -0.05) is 0 Å². The van der Waals surface area contributed by atoms with Crippen LogP contribution in [-0.2, 0) is 9.53 Å². The predicted octanol–water partition coefficient (Wildman–Crippen LogP) is -0.673. The number of carbonyl (C=O) groups excluding carboxylic acids is 2. The zero-order chi connectivity index (χ0) is 12.4. The Labute approximate surface area is 97.6 Å². The van der Waals surface area contributed by atoms with Crippen LogP contribution in [0.4, 0.5) is 5.95 Å². The summed E-state index contributed by atoms with van der Waals surface area (Å²) in [5, 5.41) is 0. The molecule has 1 amide bonds. The molecule has 1 unspecified atom stereocenters. The normalized spacial score (nSPS) is 19.5. The molecule has 0 aromatic carbocycles. The molecular formula is C10H12N4O3. The standard InChI is InChI=1S/C10H12N4O3/c1-17-9(16)6-3-12-10(13-4-6)14-5-7(11)2-8(14)15/h3-4,7H,2,5,11H2,1H3. The van der Waals surface area contributed by atoms with Crippen molar-refractivity contribution in [2.45, 2.75) is 12.5 Å². The molecule has 0 aliphatic carbocycles. The Morgan fingerprint density at radius 3 is 2.65 bits per heavy atom. The maximum Gasteiger partial charge on any atom is 0.341 e. The molecule has 0 saturated carbocycles. The summed E-state index contributed by atoms with van der Waals surface area (Å²) in [5.74, 6) is -0.361. The van der Waals surface area contributed by atoms with Gasteiger partial charge in [-0.3, -0.25) is 9.69 Å². The average molecular weight is 236 g/mol. The van der Waals surface area contributed by atoms with Crippen LogP contribution in [0.3, 0.4) is 0 Å². The molecule has 90 valence electrons. The van der Waals surface area contributed by atoms with E-state index in [-0.39, 0.29) is 23.5 Å². The van der Waals surface area contributed by atoms with Gasteiger partial charge in [0, 0.05) is 31.4 Å². The summed E-state index contributed by atoms with van der Waals surface area (Å²) >= 11 is 0. The van der Waals surface area contributed by atoms with E-state index in [1.165, 1.54) is 24.4 Å². The average Bonchev–Trinajstić information content (AvgIpc) is 2.68. The zero-order valence-corrected chi connectivity index (χ0v) is 9.29. The fourth-order valence-electron chi connectivity index (χ4n) is 1.61. The third kappa shape index (κ3) is 2.23. The summed E-state index contributed by atoms with van der Waals surface area (Å²) in [6.45, 7) is 0.399. The molecule has 7 nitrogen and oxygen atoms in total. The first-order valence-corrected chi connectivity index (χ1v) is 5.08. The largest absolute Gasteiger partial charge is 0.465 e. The molecule has 7 heteroatoms. The molecule has 0 bridgehead atoms. The van der Waals surface area contributed by atoms with Crippen molar-refractivity contribution in [1.29, 1.82) is 0 Å². The van der Waals surface area contributed by atoms with Gasteiger partial charge < -0.3 is 10.5 Å². The molecule has 1 fully saturated rings. The number of ether oxygens (including phenoxy) is 1. The van der Waals surface area contributed by atoms with E-state index in [1.807, 2.05) is 0 Å². The highest BCUT2D eigenvalue weighted by atomic mass is 16.5. The molecule has 0 radical (unpaired) electrons. The van der Waals surface area contributed by atoms with E-state index >= 15 is 0 Å². The first-order chi connectivity index (χ1) is 8.11. The maximum atomic E-state index is 11.5. The molecule has 1 aromatic rings. The minimum Gasteiger partial charge on any atom is -0.465 e. The van der Waals surface area contributed by atoms with Crippen molar-refractivity contribution >= 4 is 17.8 Å². The fraction of sp³-hybridized carbons (Fsp3) is 0.400. The van der Waals surface area contributed by atoms with Crippen molar-refractivity contribution in [2.75, 3.05) is 18.6 Å². The lowest BCUT2D eigenvalue weighted by molar-refractivity contribution is -0.117. The number of amides is 1. The van der Waals surface area contributed by atoms with Gasteiger partial charge in [-0.25, -0.2) is 14.8 Å². The van der Waals surface area contributed by atoms with Gasteiger partial charge in [0.15, 0.2) is 0 Å². The smallest absolute Gasteiger partial charge is 0.341 e. The fourth-order valence-corrected chi connectivity index (χ4v) is 1.61. The number of nitrogens with two attached hydrogens (primary N) is 1. The molecule has 2 heterocycles. The highest BCUT2D eigenvalue weighted by Gasteiger charge is 2.29. The lowest BCUT2D eigenvalue weighted by atomic mass is 10.3. The van der Waals surface area contributed by atoms with E-state index in [1.54, 1.807) is 0 Å². The second-order valence-electron chi connectivity index (χ2n) is 3.73. The summed E-state index contributed by atoms with van der Waals surface area (Å²) in [7, 11) is 1.28. The van der Waals surface area contributed by atoms with Gasteiger partial charge in [0.2, 0.25) is 11.9 Å². The van der Waals surface area contributed by atoms with Crippen molar-refractivity contribution < 1.29 is 14.3 Å². The van der Waals surface area contributed by atoms with E-state index in [0.29, 0.717) is 13.0 Å². The van der Waals surface area contributed by atoms with Crippen LogP contribution in [0, 0.1) is 0 Å². The van der Waals surface area contributed by atoms with Crippen LogP contribution in [0.1, 0.15) is 16.8 Å². The maximum absolute atomic E-state index is 11.5. The second kappa shape index (κ2) is 4.46. The number of esters is 1. The van der Waals surface area contributed by atoms with Gasteiger partial charge in [-0.15, -0.1) is 0 Å². The number of aromatic nitrogens is 2. The number of hydrogen-bond donors (Lipinski definition) is 1. The quantitative estimate of drug-likeness (QED) is 0.683. The van der Waals surface area contributed by atoms with Gasteiger partial charge in [0.25, 0.3) is 0 Å². The van der Waals surface area contributed by atoms with Crippen molar-refractivity contribution in [3.8, 4) is 0 Å². The third-order valence-electron chi connectivity index (χ3n) is 2.46. The summed E-state index contributed by atoms with van der Waals surface area (Å²) in [4.78, 5) is 32.0. The monoisotopic (exact) mass is 236 g/mol. The third-order valence-corrected chi connectivity index (χ3v) is 2.46. The van der Waals surface area contributed by atoms with Crippen LogP contribution in [0.5, 0.6) is 0 Å².